The van der Waals surface area contributed by atoms with Gasteiger partial charge in [-0.3, -0.25) is 0 Å². The van der Waals surface area contributed by atoms with Gasteiger partial charge in [0.05, 0.1) is 0 Å². The quantitative estimate of drug-likeness (QED) is 0.0920. The average molecular weight is 784 g/mol. The van der Waals surface area contributed by atoms with E-state index in [2.05, 4.69) is 46.2 Å². The van der Waals surface area contributed by atoms with E-state index in [1.165, 1.54) is 13.3 Å². The Morgan fingerprint density at radius 1 is 1.07 bits per heavy atom. The second-order valence-corrected chi connectivity index (χ2v) is 17.0. The fourth-order valence-corrected chi connectivity index (χ4v) is 10.9. The molecule has 2 amide bonds. The number of hydrogen-bond donors (Lipinski definition) is 1. The molecule has 45 heavy (non-hydrogen) atoms. The third-order valence-electron chi connectivity index (χ3n) is 8.91. The van der Waals surface area contributed by atoms with Gasteiger partial charge >= 0.3 is 268 Å². The third kappa shape index (κ3) is 5.56. The van der Waals surface area contributed by atoms with Gasteiger partial charge < -0.3 is 0 Å². The number of fused-ring (bicyclic) bond motifs is 2. The van der Waals surface area contributed by atoms with Crippen LogP contribution in [0, 0.1) is 20.8 Å². The maximum atomic E-state index is 14.3. The van der Waals surface area contributed by atoms with Gasteiger partial charge in [0.25, 0.3) is 0 Å². The van der Waals surface area contributed by atoms with Crippen LogP contribution < -0.4 is 26.5 Å². The summed E-state index contributed by atoms with van der Waals surface area (Å²) in [6, 6.07) is 7.06. The van der Waals surface area contributed by atoms with Gasteiger partial charge in [-0.05, 0) is 6.92 Å². The first-order chi connectivity index (χ1) is 21.5. The Bertz CT molecular complexity index is 1870. The molecule has 0 aliphatic carbocycles. The van der Waals surface area contributed by atoms with Crippen molar-refractivity contribution < 1.29 is 35.6 Å². The number of Topliss-reactive ketones (excluding diaryl/α,β-unsaturated/α-hetero) is 1. The zero-order valence-corrected chi connectivity index (χ0v) is 29.2. The van der Waals surface area contributed by atoms with Crippen molar-refractivity contribution in [3.63, 3.8) is 0 Å². The summed E-state index contributed by atoms with van der Waals surface area (Å²) in [4.78, 5) is 58.3. The minimum atomic E-state index is -0.597. The van der Waals surface area contributed by atoms with Crippen molar-refractivity contribution in [2.45, 2.75) is 60.6 Å². The number of nitrogens with one attached hydrogen (secondary N) is 1. The number of carbonyl (C=O) groups is 3. The van der Waals surface area contributed by atoms with E-state index in [-0.39, 0.29) is 52.8 Å². The number of ketones is 1. The van der Waals surface area contributed by atoms with Crippen LogP contribution in [0.1, 0.15) is 47.2 Å². The van der Waals surface area contributed by atoms with Gasteiger partial charge in [-0.1, -0.05) is 0 Å². The molecule has 6 heterocycles. The number of benzene rings is 1. The van der Waals surface area contributed by atoms with Gasteiger partial charge in [0.2, 0.25) is 0 Å². The van der Waals surface area contributed by atoms with Crippen molar-refractivity contribution in [1.29, 1.82) is 0 Å². The van der Waals surface area contributed by atoms with Crippen LogP contribution in [0.15, 0.2) is 41.3 Å². The molecule has 7 rings (SSSR count). The van der Waals surface area contributed by atoms with Crippen LogP contribution in [-0.4, -0.2) is 85.3 Å². The van der Waals surface area contributed by atoms with Crippen molar-refractivity contribution in [3.8, 4) is 11.1 Å². The molecule has 3 atom stereocenters. The summed E-state index contributed by atoms with van der Waals surface area (Å²) in [6.45, 7) is 10.2. The number of pyridine rings is 1. The Labute approximate surface area is 279 Å². The van der Waals surface area contributed by atoms with Crippen LogP contribution in [0.5, 0.6) is 0 Å². The molecule has 3 fully saturated rings. The fourth-order valence-electron chi connectivity index (χ4n) is 6.45. The van der Waals surface area contributed by atoms with Crippen LogP contribution in [-0.2, 0) is 16.1 Å². The van der Waals surface area contributed by atoms with Gasteiger partial charge in [-0.2, -0.15) is 0 Å². The first-order valence-electron chi connectivity index (χ1n) is 15.0. The van der Waals surface area contributed by atoms with E-state index in [9.17, 15) is 14.4 Å². The van der Waals surface area contributed by atoms with Gasteiger partial charge in [-0.25, -0.2) is 0 Å². The molecule has 1 aromatic carbocycles. The summed E-state index contributed by atoms with van der Waals surface area (Å²) in [6.07, 6.45) is 5.38. The normalized spacial score (nSPS) is 22.5. The van der Waals surface area contributed by atoms with Gasteiger partial charge in [0.15, 0.2) is 0 Å². The summed E-state index contributed by atoms with van der Waals surface area (Å²) >= 11 is 3.11. The van der Waals surface area contributed by atoms with Gasteiger partial charge in [-0.15, -0.1) is 0 Å². The molecule has 13 heteroatoms. The molecule has 3 aromatic heterocycles. The Hall–Kier alpha value is -3.30. The summed E-state index contributed by atoms with van der Waals surface area (Å²) in [7, 11) is 0. The van der Waals surface area contributed by atoms with Crippen LogP contribution >= 0.6 is 15.9 Å². The molecule has 0 spiro atoms. The molecule has 3 aliphatic rings. The molecular weight excluding hydrogens is 751 g/mol. The summed E-state index contributed by atoms with van der Waals surface area (Å²) in [5.74, 6) is 0.614. The standard InChI is InChI=1S/C32H33BrIN8O3/c1-17-6-7-25(33)37-29(17)38-30(45)24-12-32(16-40-8-5-9-40)31(34-32)42(24)26(44)15-41-28-18(2)10-21(22-13-35-20(4)36-14-22)11-23(28)27(39-41)19(3)43/h6-7,10-11,13-14,24,31H,5,8-9,12,15-16H2,1-4H3,(H,37,38,45)/q-1/t24-,31-,32-/m0/s1. The number of aromatic nitrogens is 5. The van der Waals surface area contributed by atoms with Crippen molar-refractivity contribution in [3.05, 3.63) is 63.9 Å². The number of carbonyl (C=O) groups excluding carboxylic acids is 3. The molecule has 0 radical (unpaired) electrons. The summed E-state index contributed by atoms with van der Waals surface area (Å²) in [5, 5.41) is 8.36. The molecular formula is C32H33BrIN8O3-. The zero-order chi connectivity index (χ0) is 31.6. The number of hydrogen-bond acceptors (Lipinski definition) is 8. The molecule has 0 saturated carbocycles. The maximum absolute atomic E-state index is 14.3. The predicted molar refractivity (Wildman–Crippen MR) is 168 cm³/mol. The molecule has 234 valence electrons. The van der Waals surface area contributed by atoms with E-state index in [4.69, 9.17) is 0 Å². The second-order valence-electron chi connectivity index (χ2n) is 12.2. The zero-order valence-electron chi connectivity index (χ0n) is 25.5. The molecule has 0 bridgehead atoms. The minimum absolute atomic E-state index is 0.0222. The van der Waals surface area contributed by atoms with E-state index in [1.54, 1.807) is 17.1 Å². The monoisotopic (exact) mass is 783 g/mol. The molecule has 11 nitrogen and oxygen atoms in total. The third-order valence-corrected chi connectivity index (χ3v) is 13.7. The van der Waals surface area contributed by atoms with E-state index in [0.29, 0.717) is 33.7 Å². The van der Waals surface area contributed by atoms with Crippen molar-refractivity contribution >= 4 is 50.2 Å². The molecule has 3 saturated heterocycles. The first kappa shape index (κ1) is 30.4. The Morgan fingerprint density at radius 2 is 1.82 bits per heavy atom. The average Bonchev–Trinajstić information content (AvgIpc) is 3.37. The number of nitrogens with zero attached hydrogens (tertiary/aromatic N) is 7. The molecule has 1 N–H and O–H groups in total. The van der Waals surface area contributed by atoms with Crippen molar-refractivity contribution in [1.82, 2.24) is 34.5 Å². The predicted octanol–water partition coefficient (Wildman–Crippen LogP) is 0.891. The van der Waals surface area contributed by atoms with Gasteiger partial charge in [0, 0.05) is 0 Å². The number of halogens is 2. The number of rotatable bonds is 8. The van der Waals surface area contributed by atoms with Gasteiger partial charge in [0.1, 0.15) is 5.82 Å². The number of amides is 2. The molecule has 0 unspecified atom stereocenters. The van der Waals surface area contributed by atoms with E-state index in [1.807, 2.05) is 49.9 Å². The topological polar surface area (TPSA) is 126 Å². The van der Waals surface area contributed by atoms with E-state index < -0.39 is 6.04 Å². The van der Waals surface area contributed by atoms with Crippen LogP contribution in [0.4, 0.5) is 5.82 Å². The van der Waals surface area contributed by atoms with E-state index >= 15 is 0 Å². The molecule has 3 aliphatic heterocycles. The fraction of sp³-hybridized carbons (Fsp3) is 0.406. The van der Waals surface area contributed by atoms with Crippen LogP contribution in [0.2, 0.25) is 0 Å². The van der Waals surface area contributed by atoms with Crippen molar-refractivity contribution in [2.75, 3.05) is 25.0 Å². The number of alkyl halides is 2. The number of anilines is 1. The number of likely N-dealkylation sites (tertiary alicyclic amines) is 2. The first-order valence-corrected chi connectivity index (χ1v) is 18.1. The Balaban J connectivity index is 1.21. The van der Waals surface area contributed by atoms with E-state index in [0.717, 1.165) is 47.4 Å². The van der Waals surface area contributed by atoms with Crippen LogP contribution in [0.25, 0.3) is 22.0 Å². The second kappa shape index (κ2) is 11.5. The molecule has 4 aromatic rings. The summed E-state index contributed by atoms with van der Waals surface area (Å²) < 4.78 is 2.39. The SMILES string of the molecule is CC(=O)c1nn(CC(=O)N2[C@H](C(=O)Nc3nc(Br)ccc3C)C[C@@]3(CN4CCC4)[I-][C@@H]23)c2c(C)cc(-c3cnc(C)nc3)cc12. The summed E-state index contributed by atoms with van der Waals surface area (Å²) in [5.41, 5.74) is 4.49. The van der Waals surface area contributed by atoms with Crippen molar-refractivity contribution in [2.24, 2.45) is 0 Å². The Morgan fingerprint density at radius 3 is 2.51 bits per heavy atom. The Kier molecular flexibility index (Phi) is 7.76. The number of aryl methyl sites for hydroxylation is 3. The van der Waals surface area contributed by atoms with Crippen LogP contribution in [0.3, 0.4) is 0 Å².